The summed E-state index contributed by atoms with van der Waals surface area (Å²) in [6.45, 7) is 13.8. The van der Waals surface area contributed by atoms with Crippen LogP contribution in [0, 0.1) is 12.3 Å². The molecule has 0 aliphatic carbocycles. The first-order valence-corrected chi connectivity index (χ1v) is 8.93. The minimum absolute atomic E-state index is 0.0474. The standard InChI is InChI=1S/C20H32N2O2/c1-13(2)16-8-7-14(3)11-17(16)24-15(4)19(23)22-10-9-18(21)20(5,6)12-22/h7-8,11,13,15,18H,9-10,12,21H2,1-6H3. The SMILES string of the molecule is Cc1ccc(C(C)C)c(OC(C)C(=O)N2CCC(N)C(C)(C)C2)c1. The summed E-state index contributed by atoms with van der Waals surface area (Å²) >= 11 is 0. The fourth-order valence-electron chi connectivity index (χ4n) is 3.28. The summed E-state index contributed by atoms with van der Waals surface area (Å²) in [4.78, 5) is 14.7. The number of carbonyl (C=O) groups is 1. The van der Waals surface area contributed by atoms with Crippen molar-refractivity contribution < 1.29 is 9.53 Å². The second kappa shape index (κ2) is 7.14. The summed E-state index contributed by atoms with van der Waals surface area (Å²) in [7, 11) is 0. The Bertz CT molecular complexity index is 595. The predicted molar refractivity (Wildman–Crippen MR) is 98.3 cm³/mol. The van der Waals surface area contributed by atoms with Crippen LogP contribution in [0.15, 0.2) is 18.2 Å². The molecule has 1 aromatic carbocycles. The van der Waals surface area contributed by atoms with Gasteiger partial charge in [0.25, 0.3) is 5.91 Å². The summed E-state index contributed by atoms with van der Waals surface area (Å²) in [5, 5.41) is 0. The maximum Gasteiger partial charge on any atom is 0.263 e. The average Bonchev–Trinajstić information content (AvgIpc) is 2.48. The third-order valence-electron chi connectivity index (χ3n) is 5.07. The van der Waals surface area contributed by atoms with Crippen LogP contribution in [-0.4, -0.2) is 36.0 Å². The quantitative estimate of drug-likeness (QED) is 0.918. The van der Waals surface area contributed by atoms with Crippen LogP contribution >= 0.6 is 0 Å². The molecule has 134 valence electrons. The lowest BCUT2D eigenvalue weighted by Crippen LogP contribution is -2.56. The molecule has 4 heteroatoms. The van der Waals surface area contributed by atoms with E-state index in [0.717, 1.165) is 23.3 Å². The number of rotatable bonds is 4. The van der Waals surface area contributed by atoms with Crippen molar-refractivity contribution in [3.8, 4) is 5.75 Å². The molecule has 1 saturated heterocycles. The van der Waals surface area contributed by atoms with Crippen LogP contribution in [0.5, 0.6) is 5.75 Å². The normalized spacial score (nSPS) is 21.7. The molecule has 4 nitrogen and oxygen atoms in total. The first-order chi connectivity index (χ1) is 11.1. The number of likely N-dealkylation sites (tertiary alicyclic amines) is 1. The molecule has 1 fully saturated rings. The molecule has 2 rings (SSSR count). The van der Waals surface area contributed by atoms with E-state index in [2.05, 4.69) is 39.8 Å². The molecule has 1 amide bonds. The summed E-state index contributed by atoms with van der Waals surface area (Å²) in [5.74, 6) is 1.22. The van der Waals surface area contributed by atoms with Crippen LogP contribution < -0.4 is 10.5 Å². The lowest BCUT2D eigenvalue weighted by atomic mass is 9.79. The Morgan fingerprint density at radius 1 is 1.33 bits per heavy atom. The smallest absolute Gasteiger partial charge is 0.263 e. The number of carbonyl (C=O) groups excluding carboxylic acids is 1. The van der Waals surface area contributed by atoms with Crippen LogP contribution in [0.4, 0.5) is 0 Å². The number of benzene rings is 1. The number of nitrogens with two attached hydrogens (primary N) is 1. The zero-order chi connectivity index (χ0) is 18.1. The molecule has 1 aromatic rings. The average molecular weight is 332 g/mol. The van der Waals surface area contributed by atoms with Gasteiger partial charge < -0.3 is 15.4 Å². The molecule has 24 heavy (non-hydrogen) atoms. The topological polar surface area (TPSA) is 55.6 Å². The highest BCUT2D eigenvalue weighted by molar-refractivity contribution is 5.81. The monoisotopic (exact) mass is 332 g/mol. The zero-order valence-electron chi connectivity index (χ0n) is 15.9. The Balaban J connectivity index is 2.11. The van der Waals surface area contributed by atoms with E-state index in [4.69, 9.17) is 10.5 Å². The van der Waals surface area contributed by atoms with Crippen LogP contribution in [0.25, 0.3) is 0 Å². The fourth-order valence-corrected chi connectivity index (χ4v) is 3.28. The summed E-state index contributed by atoms with van der Waals surface area (Å²) in [5.41, 5.74) is 8.40. The molecule has 2 atom stereocenters. The van der Waals surface area contributed by atoms with Gasteiger partial charge in [-0.2, -0.15) is 0 Å². The minimum Gasteiger partial charge on any atom is -0.481 e. The number of ether oxygens (including phenoxy) is 1. The molecule has 1 heterocycles. The van der Waals surface area contributed by atoms with Gasteiger partial charge in [0.15, 0.2) is 6.10 Å². The van der Waals surface area contributed by atoms with E-state index in [1.54, 1.807) is 0 Å². The maximum atomic E-state index is 12.8. The largest absolute Gasteiger partial charge is 0.481 e. The Labute approximate surface area is 146 Å². The van der Waals surface area contributed by atoms with Gasteiger partial charge in [0.05, 0.1) is 0 Å². The van der Waals surface area contributed by atoms with Gasteiger partial charge in [-0.1, -0.05) is 39.8 Å². The molecule has 2 unspecified atom stereocenters. The van der Waals surface area contributed by atoms with Crippen molar-refractivity contribution in [3.05, 3.63) is 29.3 Å². The number of nitrogens with zero attached hydrogens (tertiary/aromatic N) is 1. The highest BCUT2D eigenvalue weighted by Crippen LogP contribution is 2.30. The molecular weight excluding hydrogens is 300 g/mol. The maximum absolute atomic E-state index is 12.8. The predicted octanol–water partition coefficient (Wildman–Crippen LogP) is 3.47. The van der Waals surface area contributed by atoms with Crippen molar-refractivity contribution in [2.24, 2.45) is 11.1 Å². The molecule has 1 aliphatic heterocycles. The lowest BCUT2D eigenvalue weighted by Gasteiger charge is -2.43. The molecule has 2 N–H and O–H groups in total. The number of amides is 1. The molecule has 1 aliphatic rings. The van der Waals surface area contributed by atoms with Crippen molar-refractivity contribution in [2.75, 3.05) is 13.1 Å². The Hall–Kier alpha value is -1.55. The van der Waals surface area contributed by atoms with Gasteiger partial charge in [-0.05, 0) is 48.8 Å². The van der Waals surface area contributed by atoms with Crippen molar-refractivity contribution in [2.45, 2.75) is 66.0 Å². The van der Waals surface area contributed by atoms with Crippen LogP contribution in [0.3, 0.4) is 0 Å². The number of piperidine rings is 1. The summed E-state index contributed by atoms with van der Waals surface area (Å²) in [6.07, 6.45) is 0.349. The lowest BCUT2D eigenvalue weighted by molar-refractivity contribution is -0.141. The summed E-state index contributed by atoms with van der Waals surface area (Å²) in [6, 6.07) is 6.34. The van der Waals surface area contributed by atoms with Crippen molar-refractivity contribution in [1.29, 1.82) is 0 Å². The molecule has 0 radical (unpaired) electrons. The van der Waals surface area contributed by atoms with Crippen LogP contribution in [0.2, 0.25) is 0 Å². The van der Waals surface area contributed by atoms with E-state index in [1.165, 1.54) is 0 Å². The van der Waals surface area contributed by atoms with E-state index in [-0.39, 0.29) is 17.4 Å². The van der Waals surface area contributed by atoms with Crippen molar-refractivity contribution in [3.63, 3.8) is 0 Å². The fraction of sp³-hybridized carbons (Fsp3) is 0.650. The van der Waals surface area contributed by atoms with Gasteiger partial charge in [0.2, 0.25) is 0 Å². The van der Waals surface area contributed by atoms with E-state index < -0.39 is 6.10 Å². The Kier molecular flexibility index (Phi) is 5.59. The van der Waals surface area contributed by atoms with Gasteiger partial charge >= 0.3 is 0 Å². The van der Waals surface area contributed by atoms with Crippen LogP contribution in [-0.2, 0) is 4.79 Å². The molecular formula is C20H32N2O2. The minimum atomic E-state index is -0.491. The van der Waals surface area contributed by atoms with Crippen molar-refractivity contribution >= 4 is 5.91 Å². The Morgan fingerprint density at radius 2 is 2.00 bits per heavy atom. The zero-order valence-corrected chi connectivity index (χ0v) is 15.9. The number of hydrogen-bond donors (Lipinski definition) is 1. The van der Waals surface area contributed by atoms with Gasteiger partial charge in [0, 0.05) is 19.1 Å². The highest BCUT2D eigenvalue weighted by Gasteiger charge is 2.37. The molecule has 0 aromatic heterocycles. The summed E-state index contributed by atoms with van der Waals surface area (Å²) < 4.78 is 6.08. The third-order valence-corrected chi connectivity index (χ3v) is 5.07. The number of hydrogen-bond acceptors (Lipinski definition) is 3. The molecule has 0 spiro atoms. The first kappa shape index (κ1) is 18.8. The van der Waals surface area contributed by atoms with Crippen molar-refractivity contribution in [1.82, 2.24) is 4.90 Å². The van der Waals surface area contributed by atoms with Gasteiger partial charge in [0.1, 0.15) is 5.75 Å². The highest BCUT2D eigenvalue weighted by atomic mass is 16.5. The van der Waals surface area contributed by atoms with Gasteiger partial charge in [-0.3, -0.25) is 4.79 Å². The van der Waals surface area contributed by atoms with Gasteiger partial charge in [-0.25, -0.2) is 0 Å². The van der Waals surface area contributed by atoms with E-state index >= 15 is 0 Å². The second-order valence-corrected chi connectivity index (χ2v) is 8.10. The number of aryl methyl sites for hydroxylation is 1. The van der Waals surface area contributed by atoms with Crippen LogP contribution in [0.1, 0.15) is 58.1 Å². The van der Waals surface area contributed by atoms with E-state index in [1.807, 2.05) is 24.8 Å². The Morgan fingerprint density at radius 3 is 2.58 bits per heavy atom. The van der Waals surface area contributed by atoms with Gasteiger partial charge in [-0.15, -0.1) is 0 Å². The second-order valence-electron chi connectivity index (χ2n) is 8.10. The van der Waals surface area contributed by atoms with E-state index in [0.29, 0.717) is 19.0 Å². The third kappa shape index (κ3) is 4.10. The first-order valence-electron chi connectivity index (χ1n) is 8.93. The van der Waals surface area contributed by atoms with E-state index in [9.17, 15) is 4.79 Å². The molecule has 0 bridgehead atoms. The molecule has 0 saturated carbocycles.